The molecular formula is C12H15NO5S. The highest BCUT2D eigenvalue weighted by Crippen LogP contribution is 2.21. The van der Waals surface area contributed by atoms with Crippen LogP contribution in [0.5, 0.6) is 0 Å². The number of hydrogen-bond donors (Lipinski definition) is 1. The minimum atomic E-state index is -3.68. The van der Waals surface area contributed by atoms with Crippen LogP contribution in [0.25, 0.3) is 0 Å². The highest BCUT2D eigenvalue weighted by Gasteiger charge is 2.31. The van der Waals surface area contributed by atoms with Gasteiger partial charge in [0.25, 0.3) is 0 Å². The van der Waals surface area contributed by atoms with Crippen LogP contribution in [0.15, 0.2) is 29.2 Å². The third-order valence-electron chi connectivity index (χ3n) is 2.99. The Morgan fingerprint density at radius 3 is 2.84 bits per heavy atom. The van der Waals surface area contributed by atoms with Crippen molar-refractivity contribution >= 4 is 16.0 Å². The molecule has 7 heteroatoms. The molecule has 0 saturated carbocycles. The number of aromatic carboxylic acids is 1. The number of carboxylic acids is 1. The van der Waals surface area contributed by atoms with Gasteiger partial charge in [-0.15, -0.1) is 0 Å². The number of carboxylic acid groups (broad SMARTS) is 1. The van der Waals surface area contributed by atoms with Crippen LogP contribution in [-0.4, -0.2) is 49.6 Å². The largest absolute Gasteiger partial charge is 0.478 e. The van der Waals surface area contributed by atoms with Crippen molar-refractivity contribution in [3.8, 4) is 0 Å². The SMILES string of the molecule is CC1COCCN1S(=O)(=O)c1cccc(C(=O)O)c1. The van der Waals surface area contributed by atoms with Gasteiger partial charge in [-0.1, -0.05) is 6.07 Å². The maximum Gasteiger partial charge on any atom is 0.335 e. The summed E-state index contributed by atoms with van der Waals surface area (Å²) in [5, 5.41) is 8.91. The molecule has 1 heterocycles. The molecule has 1 atom stereocenters. The minimum absolute atomic E-state index is 0.00106. The van der Waals surface area contributed by atoms with Crippen LogP contribution in [0, 0.1) is 0 Å². The van der Waals surface area contributed by atoms with Gasteiger partial charge in [0.05, 0.1) is 23.7 Å². The zero-order valence-electron chi connectivity index (χ0n) is 10.4. The Hall–Kier alpha value is -1.44. The van der Waals surface area contributed by atoms with Crippen LogP contribution in [0.3, 0.4) is 0 Å². The third-order valence-corrected chi connectivity index (χ3v) is 5.00. The van der Waals surface area contributed by atoms with E-state index in [2.05, 4.69) is 0 Å². The fraction of sp³-hybridized carbons (Fsp3) is 0.417. The summed E-state index contributed by atoms with van der Waals surface area (Å²) in [7, 11) is -3.68. The van der Waals surface area contributed by atoms with E-state index in [0.717, 1.165) is 0 Å². The fourth-order valence-electron chi connectivity index (χ4n) is 1.99. The smallest absolute Gasteiger partial charge is 0.335 e. The summed E-state index contributed by atoms with van der Waals surface area (Å²) >= 11 is 0. The molecule has 1 aliphatic heterocycles. The average molecular weight is 285 g/mol. The van der Waals surface area contributed by atoms with Crippen molar-refractivity contribution in [3.63, 3.8) is 0 Å². The summed E-state index contributed by atoms with van der Waals surface area (Å²) < 4.78 is 31.4. The Kier molecular flexibility index (Phi) is 3.88. The molecule has 0 aromatic heterocycles. The molecule has 1 fully saturated rings. The lowest BCUT2D eigenvalue weighted by Crippen LogP contribution is -2.46. The Balaban J connectivity index is 2.38. The zero-order chi connectivity index (χ0) is 14.0. The van der Waals surface area contributed by atoms with Gasteiger partial charge in [-0.2, -0.15) is 4.31 Å². The van der Waals surface area contributed by atoms with Crippen LogP contribution in [0.2, 0.25) is 0 Å². The number of carbonyl (C=O) groups is 1. The van der Waals surface area contributed by atoms with Gasteiger partial charge in [0.1, 0.15) is 0 Å². The number of benzene rings is 1. The van der Waals surface area contributed by atoms with Gasteiger partial charge in [0.15, 0.2) is 0 Å². The molecular weight excluding hydrogens is 270 g/mol. The molecule has 0 radical (unpaired) electrons. The van der Waals surface area contributed by atoms with E-state index in [9.17, 15) is 13.2 Å². The fourth-order valence-corrected chi connectivity index (χ4v) is 3.64. The van der Waals surface area contributed by atoms with E-state index in [1.54, 1.807) is 6.92 Å². The maximum atomic E-state index is 12.4. The van der Waals surface area contributed by atoms with Crippen molar-refractivity contribution in [1.82, 2.24) is 4.31 Å². The third kappa shape index (κ3) is 2.78. The van der Waals surface area contributed by atoms with E-state index in [-0.39, 0.29) is 23.0 Å². The average Bonchev–Trinajstić information content (AvgIpc) is 2.39. The van der Waals surface area contributed by atoms with Crippen molar-refractivity contribution < 1.29 is 23.1 Å². The Bertz CT molecular complexity index is 584. The first kappa shape index (κ1) is 14.0. The number of morpholine rings is 1. The topological polar surface area (TPSA) is 83.9 Å². The van der Waals surface area contributed by atoms with Gasteiger partial charge in [-0.3, -0.25) is 0 Å². The van der Waals surface area contributed by atoms with E-state index in [4.69, 9.17) is 9.84 Å². The molecule has 1 aromatic carbocycles. The zero-order valence-corrected chi connectivity index (χ0v) is 11.3. The summed E-state index contributed by atoms with van der Waals surface area (Å²) in [6.07, 6.45) is 0. The summed E-state index contributed by atoms with van der Waals surface area (Å²) in [6, 6.07) is 5.13. The molecule has 1 aromatic rings. The van der Waals surface area contributed by atoms with Crippen molar-refractivity contribution in [2.75, 3.05) is 19.8 Å². The Morgan fingerprint density at radius 2 is 2.21 bits per heavy atom. The Labute approximate surface area is 111 Å². The first-order valence-electron chi connectivity index (χ1n) is 5.86. The van der Waals surface area contributed by atoms with Crippen LogP contribution in [0.4, 0.5) is 0 Å². The van der Waals surface area contributed by atoms with Gasteiger partial charge in [0, 0.05) is 12.6 Å². The molecule has 1 aliphatic rings. The lowest BCUT2D eigenvalue weighted by atomic mass is 10.2. The van der Waals surface area contributed by atoms with Crippen molar-refractivity contribution in [3.05, 3.63) is 29.8 Å². The predicted molar refractivity (Wildman–Crippen MR) is 67.6 cm³/mol. The molecule has 0 amide bonds. The second-order valence-corrected chi connectivity index (χ2v) is 6.26. The van der Waals surface area contributed by atoms with Gasteiger partial charge in [-0.05, 0) is 25.1 Å². The number of rotatable bonds is 3. The van der Waals surface area contributed by atoms with E-state index in [0.29, 0.717) is 13.2 Å². The normalized spacial score (nSPS) is 21.2. The molecule has 19 heavy (non-hydrogen) atoms. The molecule has 1 unspecified atom stereocenters. The summed E-state index contributed by atoms with van der Waals surface area (Å²) in [6.45, 7) is 2.73. The van der Waals surface area contributed by atoms with Gasteiger partial charge in [0.2, 0.25) is 10.0 Å². The van der Waals surface area contributed by atoms with Crippen LogP contribution >= 0.6 is 0 Å². The van der Waals surface area contributed by atoms with Gasteiger partial charge >= 0.3 is 5.97 Å². The van der Waals surface area contributed by atoms with Crippen LogP contribution in [0.1, 0.15) is 17.3 Å². The summed E-state index contributed by atoms with van der Waals surface area (Å²) in [5.74, 6) is -1.15. The minimum Gasteiger partial charge on any atom is -0.478 e. The second kappa shape index (κ2) is 5.28. The van der Waals surface area contributed by atoms with Crippen LogP contribution in [-0.2, 0) is 14.8 Å². The molecule has 1 N–H and O–H groups in total. The number of ether oxygens (including phenoxy) is 1. The van der Waals surface area contributed by atoms with Crippen molar-refractivity contribution in [2.45, 2.75) is 17.9 Å². The van der Waals surface area contributed by atoms with Crippen LogP contribution < -0.4 is 0 Å². The number of sulfonamides is 1. The maximum absolute atomic E-state index is 12.4. The van der Waals surface area contributed by atoms with E-state index in [1.807, 2.05) is 0 Å². The van der Waals surface area contributed by atoms with Gasteiger partial charge < -0.3 is 9.84 Å². The highest BCUT2D eigenvalue weighted by molar-refractivity contribution is 7.89. The first-order chi connectivity index (χ1) is 8.93. The first-order valence-corrected chi connectivity index (χ1v) is 7.30. The van der Waals surface area contributed by atoms with Crippen molar-refractivity contribution in [2.24, 2.45) is 0 Å². The standard InChI is InChI=1S/C12H15NO5S/c1-9-8-18-6-5-13(9)19(16,17)11-4-2-3-10(7-11)12(14)15/h2-4,7,9H,5-6,8H2,1H3,(H,14,15). The molecule has 1 saturated heterocycles. The lowest BCUT2D eigenvalue weighted by molar-refractivity contribution is 0.0392. The summed E-state index contributed by atoms with van der Waals surface area (Å²) in [5.41, 5.74) is -0.0398. The van der Waals surface area contributed by atoms with E-state index in [1.165, 1.54) is 28.6 Å². The molecule has 0 bridgehead atoms. The van der Waals surface area contributed by atoms with E-state index < -0.39 is 16.0 Å². The monoisotopic (exact) mass is 285 g/mol. The molecule has 6 nitrogen and oxygen atoms in total. The van der Waals surface area contributed by atoms with E-state index >= 15 is 0 Å². The second-order valence-electron chi connectivity index (χ2n) is 4.37. The van der Waals surface area contributed by atoms with Crippen molar-refractivity contribution in [1.29, 1.82) is 0 Å². The van der Waals surface area contributed by atoms with Gasteiger partial charge in [-0.25, -0.2) is 13.2 Å². The molecule has 2 rings (SSSR count). The molecule has 0 spiro atoms. The molecule has 0 aliphatic carbocycles. The number of hydrogen-bond acceptors (Lipinski definition) is 4. The highest BCUT2D eigenvalue weighted by atomic mass is 32.2. The Morgan fingerprint density at radius 1 is 1.47 bits per heavy atom. The lowest BCUT2D eigenvalue weighted by Gasteiger charge is -2.32. The summed E-state index contributed by atoms with van der Waals surface area (Å²) in [4.78, 5) is 10.9. The predicted octanol–water partition coefficient (Wildman–Crippen LogP) is 0.794. The molecule has 104 valence electrons. The quantitative estimate of drug-likeness (QED) is 0.887. The number of nitrogens with zero attached hydrogens (tertiary/aromatic N) is 1.